The van der Waals surface area contributed by atoms with Crippen LogP contribution in [0.15, 0.2) is 30.6 Å². The van der Waals surface area contributed by atoms with Crippen molar-refractivity contribution in [3.05, 3.63) is 52.3 Å². The normalized spacial score (nSPS) is 10.3. The van der Waals surface area contributed by atoms with Crippen molar-refractivity contribution in [3.63, 3.8) is 0 Å². The second-order valence-corrected chi connectivity index (χ2v) is 4.40. The Kier molecular flexibility index (Phi) is 4.29. The summed E-state index contributed by atoms with van der Waals surface area (Å²) in [4.78, 5) is 19.2. The van der Waals surface area contributed by atoms with Gasteiger partial charge in [0.25, 0.3) is 0 Å². The fraction of sp³-hybridized carbons (Fsp3) is 0.0833. The van der Waals surface area contributed by atoms with E-state index < -0.39 is 5.82 Å². The first-order valence-corrected chi connectivity index (χ1v) is 6.02. The van der Waals surface area contributed by atoms with E-state index in [1.165, 1.54) is 24.5 Å². The van der Waals surface area contributed by atoms with Gasteiger partial charge in [0.05, 0.1) is 6.42 Å². The molecule has 0 spiro atoms. The lowest BCUT2D eigenvalue weighted by Gasteiger charge is -2.07. The van der Waals surface area contributed by atoms with E-state index in [9.17, 15) is 9.18 Å². The quantitative estimate of drug-likeness (QED) is 0.886. The molecule has 19 heavy (non-hydrogen) atoms. The van der Waals surface area contributed by atoms with Gasteiger partial charge in [0.1, 0.15) is 17.8 Å². The van der Waals surface area contributed by atoms with E-state index in [4.69, 9.17) is 23.2 Å². The third-order valence-corrected chi connectivity index (χ3v) is 2.85. The van der Waals surface area contributed by atoms with Gasteiger partial charge in [-0.2, -0.15) is 0 Å². The summed E-state index contributed by atoms with van der Waals surface area (Å²) in [6.45, 7) is 0. The largest absolute Gasteiger partial charge is 0.321 e. The molecule has 1 heterocycles. The molecule has 0 fully saturated rings. The third-order valence-electron chi connectivity index (χ3n) is 2.27. The smallest absolute Gasteiger partial charge is 0.228 e. The summed E-state index contributed by atoms with van der Waals surface area (Å²) in [7, 11) is 0. The maximum Gasteiger partial charge on any atom is 0.228 e. The Hall–Kier alpha value is -1.72. The maximum atomic E-state index is 13.0. The highest BCUT2D eigenvalue weighted by Gasteiger charge is 2.12. The first kappa shape index (κ1) is 13.7. The number of carbonyl (C=O) groups excluding carboxylic acids is 1. The molecule has 98 valence electrons. The number of benzene rings is 1. The molecule has 0 aliphatic rings. The summed E-state index contributed by atoms with van der Waals surface area (Å²) in [5.74, 6) is -0.784. The van der Waals surface area contributed by atoms with Crippen molar-refractivity contribution in [1.82, 2.24) is 9.97 Å². The Morgan fingerprint density at radius 3 is 2.58 bits per heavy atom. The number of amides is 1. The Bertz CT molecular complexity index is 601. The fourth-order valence-electron chi connectivity index (χ4n) is 1.46. The molecule has 1 aromatic carbocycles. The lowest BCUT2D eigenvalue weighted by atomic mass is 10.1. The predicted molar refractivity (Wildman–Crippen MR) is 70.8 cm³/mol. The van der Waals surface area contributed by atoms with Crippen molar-refractivity contribution in [2.24, 2.45) is 0 Å². The van der Waals surface area contributed by atoms with Gasteiger partial charge < -0.3 is 5.32 Å². The number of nitrogens with zero attached hydrogens (tertiary/aromatic N) is 2. The summed E-state index contributed by atoms with van der Waals surface area (Å²) >= 11 is 11.6. The van der Waals surface area contributed by atoms with Gasteiger partial charge in [-0.1, -0.05) is 35.3 Å². The molecule has 1 N–H and O–H groups in total. The van der Waals surface area contributed by atoms with Crippen LogP contribution >= 0.6 is 23.2 Å². The molecule has 0 aliphatic carbocycles. The summed E-state index contributed by atoms with van der Waals surface area (Å²) in [6.07, 6.45) is 1.19. The molecule has 1 amide bonds. The van der Waals surface area contributed by atoms with Crippen molar-refractivity contribution in [2.75, 3.05) is 5.32 Å². The van der Waals surface area contributed by atoms with Crippen LogP contribution in [0, 0.1) is 5.82 Å². The zero-order chi connectivity index (χ0) is 13.8. The molecular weight excluding hydrogens is 292 g/mol. The van der Waals surface area contributed by atoms with E-state index >= 15 is 0 Å². The van der Waals surface area contributed by atoms with Gasteiger partial charge in [-0.05, 0) is 17.7 Å². The fourth-order valence-corrected chi connectivity index (χ4v) is 1.87. The first-order chi connectivity index (χ1) is 9.06. The van der Waals surface area contributed by atoms with Crippen molar-refractivity contribution < 1.29 is 9.18 Å². The number of anilines is 1. The molecule has 0 atom stereocenters. The number of rotatable bonds is 3. The molecule has 0 radical (unpaired) electrons. The Balaban J connectivity index is 2.10. The van der Waals surface area contributed by atoms with Crippen molar-refractivity contribution in [3.8, 4) is 0 Å². The Morgan fingerprint density at radius 2 is 1.95 bits per heavy atom. The van der Waals surface area contributed by atoms with Crippen LogP contribution < -0.4 is 5.32 Å². The number of halogens is 3. The first-order valence-electron chi connectivity index (χ1n) is 5.26. The Labute approximate surface area is 118 Å². The average Bonchev–Trinajstić information content (AvgIpc) is 2.34. The van der Waals surface area contributed by atoms with Crippen molar-refractivity contribution >= 4 is 34.8 Å². The van der Waals surface area contributed by atoms with Gasteiger partial charge >= 0.3 is 0 Å². The summed E-state index contributed by atoms with van der Waals surface area (Å²) in [6, 6.07) is 5.77. The number of carbonyl (C=O) groups is 1. The SMILES string of the molecule is O=C(Cc1cccc(F)c1)Nc1c(Cl)ncnc1Cl. The van der Waals surface area contributed by atoms with Gasteiger partial charge in [0, 0.05) is 0 Å². The minimum Gasteiger partial charge on any atom is -0.321 e. The lowest BCUT2D eigenvalue weighted by Crippen LogP contribution is -2.15. The predicted octanol–water partition coefficient (Wildman–Crippen LogP) is 3.10. The Morgan fingerprint density at radius 1 is 1.26 bits per heavy atom. The zero-order valence-electron chi connectivity index (χ0n) is 9.53. The number of hydrogen-bond donors (Lipinski definition) is 1. The number of aromatic nitrogens is 2. The minimum absolute atomic E-state index is 0.000682. The maximum absolute atomic E-state index is 13.0. The topological polar surface area (TPSA) is 54.9 Å². The molecule has 2 rings (SSSR count). The van der Waals surface area contributed by atoms with Crippen LogP contribution in [0.1, 0.15) is 5.56 Å². The molecular formula is C12H8Cl2FN3O. The van der Waals surface area contributed by atoms with Crippen LogP contribution in [0.2, 0.25) is 10.3 Å². The van der Waals surface area contributed by atoms with E-state index in [1.807, 2.05) is 0 Å². The van der Waals surface area contributed by atoms with Gasteiger partial charge in [-0.25, -0.2) is 14.4 Å². The highest BCUT2D eigenvalue weighted by molar-refractivity contribution is 6.38. The van der Waals surface area contributed by atoms with E-state index in [2.05, 4.69) is 15.3 Å². The summed E-state index contributed by atoms with van der Waals surface area (Å²) < 4.78 is 13.0. The van der Waals surface area contributed by atoms with E-state index in [0.29, 0.717) is 5.56 Å². The van der Waals surface area contributed by atoms with E-state index in [1.54, 1.807) is 6.07 Å². The average molecular weight is 300 g/mol. The van der Waals surface area contributed by atoms with Crippen LogP contribution in [0.5, 0.6) is 0 Å². The number of hydrogen-bond acceptors (Lipinski definition) is 3. The van der Waals surface area contributed by atoms with Gasteiger partial charge in [-0.3, -0.25) is 4.79 Å². The highest BCUT2D eigenvalue weighted by Crippen LogP contribution is 2.25. The molecule has 0 unspecified atom stereocenters. The molecule has 7 heteroatoms. The number of nitrogens with one attached hydrogen (secondary N) is 1. The molecule has 1 aromatic heterocycles. The van der Waals surface area contributed by atoms with Crippen LogP contribution in [0.3, 0.4) is 0 Å². The van der Waals surface area contributed by atoms with Crippen LogP contribution in [0.4, 0.5) is 10.1 Å². The van der Waals surface area contributed by atoms with Crippen molar-refractivity contribution in [1.29, 1.82) is 0 Å². The zero-order valence-corrected chi connectivity index (χ0v) is 11.0. The molecule has 0 bridgehead atoms. The van der Waals surface area contributed by atoms with Gasteiger partial charge in [0.2, 0.25) is 5.91 Å². The minimum atomic E-state index is -0.399. The van der Waals surface area contributed by atoms with Gasteiger partial charge in [0.15, 0.2) is 10.3 Å². The van der Waals surface area contributed by atoms with Crippen LogP contribution in [-0.2, 0) is 11.2 Å². The second-order valence-electron chi connectivity index (χ2n) is 3.69. The second kappa shape index (κ2) is 5.95. The monoisotopic (exact) mass is 299 g/mol. The van der Waals surface area contributed by atoms with Gasteiger partial charge in [-0.15, -0.1) is 0 Å². The third kappa shape index (κ3) is 3.62. The highest BCUT2D eigenvalue weighted by atomic mass is 35.5. The lowest BCUT2D eigenvalue weighted by molar-refractivity contribution is -0.115. The molecule has 4 nitrogen and oxygen atoms in total. The summed E-state index contributed by atoms with van der Waals surface area (Å²) in [5, 5.41) is 2.59. The van der Waals surface area contributed by atoms with Crippen LogP contribution in [-0.4, -0.2) is 15.9 Å². The van der Waals surface area contributed by atoms with Crippen LogP contribution in [0.25, 0.3) is 0 Å². The molecule has 0 saturated carbocycles. The molecule has 2 aromatic rings. The standard InChI is InChI=1S/C12H8Cl2FN3O/c13-11-10(12(14)17-6-16-11)18-9(19)5-7-2-1-3-8(15)4-7/h1-4,6H,5H2,(H,18,19). The summed E-state index contributed by atoms with van der Waals surface area (Å²) in [5.41, 5.74) is 0.689. The van der Waals surface area contributed by atoms with E-state index in [-0.39, 0.29) is 28.3 Å². The molecule has 0 aliphatic heterocycles. The molecule has 0 saturated heterocycles. The van der Waals surface area contributed by atoms with E-state index in [0.717, 1.165) is 0 Å². The van der Waals surface area contributed by atoms with Crippen molar-refractivity contribution in [2.45, 2.75) is 6.42 Å².